The molecule has 0 spiro atoms. The topological polar surface area (TPSA) is 61.2 Å². The number of benzene rings is 1. The van der Waals surface area contributed by atoms with Crippen molar-refractivity contribution in [2.45, 2.75) is 58.4 Å². The van der Waals surface area contributed by atoms with Gasteiger partial charge in [-0.25, -0.2) is 4.68 Å². The molecule has 1 aliphatic heterocycles. The van der Waals surface area contributed by atoms with Crippen LogP contribution in [0.15, 0.2) is 30.5 Å². The minimum atomic E-state index is -0.0456. The lowest BCUT2D eigenvalue weighted by atomic mass is 10.2. The molecular weight excluding hydrogens is 316 g/mol. The highest BCUT2D eigenvalue weighted by Gasteiger charge is 2.14. The molecule has 1 aromatic carbocycles. The first-order valence-electron chi connectivity index (χ1n) is 9.18. The molecule has 0 radical (unpaired) electrons. The summed E-state index contributed by atoms with van der Waals surface area (Å²) in [7, 11) is 0. The van der Waals surface area contributed by atoms with E-state index in [1.165, 1.54) is 12.0 Å². The van der Waals surface area contributed by atoms with Crippen LogP contribution in [0, 0.1) is 0 Å². The van der Waals surface area contributed by atoms with Crippen molar-refractivity contribution in [1.29, 1.82) is 0 Å². The Labute approximate surface area is 149 Å². The van der Waals surface area contributed by atoms with E-state index in [0.717, 1.165) is 43.8 Å². The Kier molecular flexibility index (Phi) is 6.55. The van der Waals surface area contributed by atoms with E-state index in [0.29, 0.717) is 12.6 Å². The maximum atomic E-state index is 5.76. The minimum Gasteiger partial charge on any atom is -0.353 e. The van der Waals surface area contributed by atoms with Crippen molar-refractivity contribution in [3.8, 4) is 5.69 Å². The summed E-state index contributed by atoms with van der Waals surface area (Å²) in [5, 5.41) is 11.9. The van der Waals surface area contributed by atoms with Crippen LogP contribution < -0.4 is 5.32 Å². The fraction of sp³-hybridized carbons (Fsp3) is 0.579. The highest BCUT2D eigenvalue weighted by molar-refractivity contribution is 5.33. The molecule has 0 amide bonds. The Bertz CT molecular complexity index is 633. The van der Waals surface area contributed by atoms with Gasteiger partial charge in [-0.05, 0) is 37.0 Å². The molecule has 1 saturated heterocycles. The predicted octanol–water partition coefficient (Wildman–Crippen LogP) is 2.85. The number of hydrogen-bond donors (Lipinski definition) is 1. The Morgan fingerprint density at radius 3 is 2.84 bits per heavy atom. The fourth-order valence-corrected chi connectivity index (χ4v) is 2.77. The molecule has 1 N–H and O–H groups in total. The van der Waals surface area contributed by atoms with Crippen LogP contribution in [-0.2, 0) is 22.4 Å². The summed E-state index contributed by atoms with van der Waals surface area (Å²) in [6.45, 7) is 6.60. The molecule has 6 nitrogen and oxygen atoms in total. The molecule has 1 aromatic heterocycles. The largest absolute Gasteiger partial charge is 0.353 e. The van der Waals surface area contributed by atoms with Crippen molar-refractivity contribution in [3.63, 3.8) is 0 Å². The van der Waals surface area contributed by atoms with E-state index in [9.17, 15) is 0 Å². The summed E-state index contributed by atoms with van der Waals surface area (Å²) in [5.74, 6) is 0. The molecule has 3 rings (SSSR count). The van der Waals surface area contributed by atoms with Gasteiger partial charge in [-0.2, -0.15) is 0 Å². The SMILES string of the molecule is CC(C)NCc1ccc(-n2cc(CCOC3CCCCO3)nn2)cc1. The van der Waals surface area contributed by atoms with Crippen LogP contribution in [0.5, 0.6) is 0 Å². The Hall–Kier alpha value is -1.76. The van der Waals surface area contributed by atoms with E-state index in [-0.39, 0.29) is 6.29 Å². The van der Waals surface area contributed by atoms with Crippen molar-refractivity contribution >= 4 is 0 Å². The van der Waals surface area contributed by atoms with Crippen molar-refractivity contribution < 1.29 is 9.47 Å². The second-order valence-corrected chi connectivity index (χ2v) is 6.77. The van der Waals surface area contributed by atoms with Gasteiger partial charge in [-0.1, -0.05) is 31.2 Å². The van der Waals surface area contributed by atoms with E-state index in [4.69, 9.17) is 9.47 Å². The predicted molar refractivity (Wildman–Crippen MR) is 96.6 cm³/mol. The van der Waals surface area contributed by atoms with Gasteiger partial charge in [0.25, 0.3) is 0 Å². The molecule has 1 aliphatic rings. The van der Waals surface area contributed by atoms with E-state index in [1.54, 1.807) is 0 Å². The van der Waals surface area contributed by atoms with Crippen LogP contribution in [0.3, 0.4) is 0 Å². The minimum absolute atomic E-state index is 0.0456. The Balaban J connectivity index is 1.48. The van der Waals surface area contributed by atoms with Crippen molar-refractivity contribution in [3.05, 3.63) is 41.7 Å². The van der Waals surface area contributed by atoms with Crippen LogP contribution in [0.4, 0.5) is 0 Å². The third-order valence-corrected chi connectivity index (χ3v) is 4.26. The van der Waals surface area contributed by atoms with Gasteiger partial charge < -0.3 is 14.8 Å². The maximum absolute atomic E-state index is 5.76. The number of hydrogen-bond acceptors (Lipinski definition) is 5. The first-order chi connectivity index (χ1) is 12.2. The van der Waals surface area contributed by atoms with Crippen LogP contribution in [0.25, 0.3) is 5.69 Å². The summed E-state index contributed by atoms with van der Waals surface area (Å²) in [6, 6.07) is 8.87. The molecule has 136 valence electrons. The van der Waals surface area contributed by atoms with Gasteiger partial charge in [-0.3, -0.25) is 0 Å². The van der Waals surface area contributed by atoms with Crippen LogP contribution in [0.1, 0.15) is 44.4 Å². The first kappa shape index (κ1) is 18.0. The number of aromatic nitrogens is 3. The molecule has 1 unspecified atom stereocenters. The standard InChI is InChI=1S/C19H28N4O2/c1-15(2)20-13-16-6-8-18(9-7-16)23-14-17(21-22-23)10-12-25-19-5-3-4-11-24-19/h6-9,14-15,19-20H,3-5,10-13H2,1-2H3. The van der Waals surface area contributed by atoms with E-state index < -0.39 is 0 Å². The van der Waals surface area contributed by atoms with Crippen LogP contribution >= 0.6 is 0 Å². The van der Waals surface area contributed by atoms with Gasteiger partial charge in [0.1, 0.15) is 0 Å². The van der Waals surface area contributed by atoms with E-state index in [2.05, 4.69) is 53.7 Å². The van der Waals surface area contributed by atoms with E-state index in [1.807, 2.05) is 10.9 Å². The maximum Gasteiger partial charge on any atom is 0.157 e. The highest BCUT2D eigenvalue weighted by atomic mass is 16.7. The number of rotatable bonds is 8. The van der Waals surface area contributed by atoms with Crippen molar-refractivity contribution in [2.75, 3.05) is 13.2 Å². The molecule has 6 heteroatoms. The average molecular weight is 344 g/mol. The summed E-state index contributed by atoms with van der Waals surface area (Å²) in [6.07, 6.45) is 5.98. The average Bonchev–Trinajstić information content (AvgIpc) is 3.10. The summed E-state index contributed by atoms with van der Waals surface area (Å²) < 4.78 is 13.1. The van der Waals surface area contributed by atoms with Crippen molar-refractivity contribution in [2.24, 2.45) is 0 Å². The number of nitrogens with one attached hydrogen (secondary N) is 1. The molecule has 0 saturated carbocycles. The zero-order valence-corrected chi connectivity index (χ0v) is 15.1. The molecule has 1 fully saturated rings. The molecule has 2 aromatic rings. The molecular formula is C19H28N4O2. The monoisotopic (exact) mass is 344 g/mol. The van der Waals surface area contributed by atoms with Crippen LogP contribution in [-0.4, -0.2) is 40.5 Å². The zero-order chi connectivity index (χ0) is 17.5. The molecule has 0 bridgehead atoms. The highest BCUT2D eigenvalue weighted by Crippen LogP contribution is 2.14. The molecule has 1 atom stereocenters. The lowest BCUT2D eigenvalue weighted by molar-refractivity contribution is -0.161. The van der Waals surface area contributed by atoms with Gasteiger partial charge in [0.2, 0.25) is 0 Å². The van der Waals surface area contributed by atoms with Gasteiger partial charge in [-0.15, -0.1) is 5.10 Å². The van der Waals surface area contributed by atoms with E-state index >= 15 is 0 Å². The molecule has 2 heterocycles. The summed E-state index contributed by atoms with van der Waals surface area (Å²) in [4.78, 5) is 0. The number of ether oxygens (including phenoxy) is 2. The second kappa shape index (κ2) is 9.08. The Morgan fingerprint density at radius 1 is 1.28 bits per heavy atom. The molecule has 0 aliphatic carbocycles. The molecule has 25 heavy (non-hydrogen) atoms. The van der Waals surface area contributed by atoms with Crippen LogP contribution in [0.2, 0.25) is 0 Å². The zero-order valence-electron chi connectivity index (χ0n) is 15.1. The summed E-state index contributed by atoms with van der Waals surface area (Å²) >= 11 is 0. The quantitative estimate of drug-likeness (QED) is 0.798. The lowest BCUT2D eigenvalue weighted by Gasteiger charge is -2.22. The second-order valence-electron chi connectivity index (χ2n) is 6.77. The Morgan fingerprint density at radius 2 is 2.12 bits per heavy atom. The normalized spacial score (nSPS) is 18.0. The first-order valence-corrected chi connectivity index (χ1v) is 9.18. The van der Waals surface area contributed by atoms with Gasteiger partial charge in [0, 0.05) is 25.6 Å². The third-order valence-electron chi connectivity index (χ3n) is 4.26. The van der Waals surface area contributed by atoms with Gasteiger partial charge in [0.15, 0.2) is 6.29 Å². The smallest absolute Gasteiger partial charge is 0.157 e. The number of nitrogens with zero attached hydrogens (tertiary/aromatic N) is 3. The van der Waals surface area contributed by atoms with Gasteiger partial charge >= 0.3 is 0 Å². The van der Waals surface area contributed by atoms with Gasteiger partial charge in [0.05, 0.1) is 24.2 Å². The third kappa shape index (κ3) is 5.63. The fourth-order valence-electron chi connectivity index (χ4n) is 2.77. The lowest BCUT2D eigenvalue weighted by Crippen LogP contribution is -2.23. The summed E-state index contributed by atoms with van der Waals surface area (Å²) in [5.41, 5.74) is 3.21. The van der Waals surface area contributed by atoms with Crippen molar-refractivity contribution in [1.82, 2.24) is 20.3 Å².